The van der Waals surface area contributed by atoms with Crippen LogP contribution in [0.3, 0.4) is 0 Å². The van der Waals surface area contributed by atoms with Crippen LogP contribution in [0.5, 0.6) is 0 Å². The van der Waals surface area contributed by atoms with Crippen molar-refractivity contribution in [1.29, 1.82) is 0 Å². The third kappa shape index (κ3) is 3.77. The summed E-state index contributed by atoms with van der Waals surface area (Å²) >= 11 is 1.47. The van der Waals surface area contributed by atoms with E-state index in [0.29, 0.717) is 33.7 Å². The highest BCUT2D eigenvalue weighted by Gasteiger charge is 2.33. The van der Waals surface area contributed by atoms with Crippen LogP contribution in [0, 0.1) is 10.1 Å². The Balaban J connectivity index is 1.70. The quantitative estimate of drug-likeness (QED) is 0.354. The molecule has 1 aromatic heterocycles. The molecule has 10 heteroatoms. The molecule has 0 aliphatic carbocycles. The normalized spacial score (nSPS) is 15.4. The van der Waals surface area contributed by atoms with Crippen LogP contribution in [0.1, 0.15) is 24.1 Å². The van der Waals surface area contributed by atoms with E-state index < -0.39 is 16.9 Å². The second-order valence-corrected chi connectivity index (χ2v) is 7.66. The van der Waals surface area contributed by atoms with E-state index in [0.717, 1.165) is 5.56 Å². The summed E-state index contributed by atoms with van der Waals surface area (Å²) in [5.74, 6) is 0.584. The number of nitro benzene ring substituents is 1. The number of thioether (sulfide) groups is 1. The number of rotatable bonds is 6. The zero-order valence-corrected chi connectivity index (χ0v) is 16.8. The van der Waals surface area contributed by atoms with Crippen LogP contribution in [0.25, 0.3) is 0 Å². The lowest BCUT2D eigenvalue weighted by Gasteiger charge is -2.27. The molecule has 2 aromatic carbocycles. The summed E-state index contributed by atoms with van der Waals surface area (Å²) < 4.78 is 1.60. The first-order valence-electron chi connectivity index (χ1n) is 9.09. The number of carbonyl (C=O) groups excluding carboxylic acids is 1. The number of benzene rings is 2. The van der Waals surface area contributed by atoms with Gasteiger partial charge in [0, 0.05) is 23.6 Å². The molecule has 2 heterocycles. The highest BCUT2D eigenvalue weighted by molar-refractivity contribution is 7.98. The standard InChI is InChI=1S/C20H18N6O3S/c1-12-16(18(21)27)17(14-7-9-15(10-8-14)26(28)29)25-19(22-12)23-20(24-25)30-11-13-5-3-2-4-6-13/h2-10,17H,11H2,1H3,(H2,21,27)(H,22,23,24)/t17-/m0/s1. The van der Waals surface area contributed by atoms with Crippen molar-refractivity contribution in [3.05, 3.63) is 87.1 Å². The molecule has 0 saturated heterocycles. The largest absolute Gasteiger partial charge is 0.366 e. The van der Waals surface area contributed by atoms with Gasteiger partial charge in [-0.1, -0.05) is 42.1 Å². The number of aromatic nitrogens is 3. The Hall–Kier alpha value is -3.66. The van der Waals surface area contributed by atoms with Crippen molar-refractivity contribution in [2.75, 3.05) is 5.32 Å². The number of amides is 1. The van der Waals surface area contributed by atoms with Crippen molar-refractivity contribution >= 4 is 29.3 Å². The van der Waals surface area contributed by atoms with Gasteiger partial charge in [0.1, 0.15) is 6.04 Å². The molecular formula is C20H18N6O3S. The molecule has 0 bridgehead atoms. The smallest absolute Gasteiger partial charge is 0.269 e. The maximum atomic E-state index is 12.2. The van der Waals surface area contributed by atoms with E-state index in [2.05, 4.69) is 15.4 Å². The van der Waals surface area contributed by atoms with Crippen LogP contribution < -0.4 is 11.1 Å². The molecule has 0 saturated carbocycles. The Morgan fingerprint density at radius 3 is 2.57 bits per heavy atom. The maximum absolute atomic E-state index is 12.2. The molecule has 4 rings (SSSR count). The van der Waals surface area contributed by atoms with Crippen LogP contribution >= 0.6 is 11.8 Å². The first-order valence-corrected chi connectivity index (χ1v) is 10.1. The molecule has 0 radical (unpaired) electrons. The summed E-state index contributed by atoms with van der Waals surface area (Å²) in [7, 11) is 0. The van der Waals surface area contributed by atoms with Gasteiger partial charge in [-0.2, -0.15) is 4.98 Å². The molecule has 1 aliphatic heterocycles. The predicted molar refractivity (Wildman–Crippen MR) is 113 cm³/mol. The van der Waals surface area contributed by atoms with Crippen LogP contribution in [0.2, 0.25) is 0 Å². The number of nitrogens with two attached hydrogens (primary N) is 1. The van der Waals surface area contributed by atoms with Gasteiger partial charge in [-0.3, -0.25) is 14.9 Å². The minimum atomic E-state index is -0.627. The van der Waals surface area contributed by atoms with Gasteiger partial charge in [0.15, 0.2) is 0 Å². The SMILES string of the molecule is CC1=C(C(N)=O)[C@H](c2ccc([N+](=O)[O-])cc2)n2nc(SCc3ccccc3)nc2N1. The van der Waals surface area contributed by atoms with E-state index >= 15 is 0 Å². The summed E-state index contributed by atoms with van der Waals surface area (Å²) in [5.41, 5.74) is 8.32. The van der Waals surface area contributed by atoms with E-state index in [-0.39, 0.29) is 5.69 Å². The van der Waals surface area contributed by atoms with Crippen molar-refractivity contribution in [2.45, 2.75) is 23.9 Å². The molecule has 3 N–H and O–H groups in total. The average Bonchev–Trinajstić information content (AvgIpc) is 3.14. The number of fused-ring (bicyclic) bond motifs is 1. The van der Waals surface area contributed by atoms with E-state index in [1.165, 1.54) is 23.9 Å². The van der Waals surface area contributed by atoms with Gasteiger partial charge in [-0.05, 0) is 30.2 Å². The lowest BCUT2D eigenvalue weighted by atomic mass is 9.95. The number of allylic oxidation sites excluding steroid dienone is 1. The van der Waals surface area contributed by atoms with Gasteiger partial charge in [-0.25, -0.2) is 4.68 Å². The van der Waals surface area contributed by atoms with E-state index in [1.807, 2.05) is 30.3 Å². The van der Waals surface area contributed by atoms with Crippen molar-refractivity contribution < 1.29 is 9.72 Å². The second-order valence-electron chi connectivity index (χ2n) is 6.72. The number of non-ortho nitro benzene ring substituents is 1. The summed E-state index contributed by atoms with van der Waals surface area (Å²) in [6.07, 6.45) is 0. The topological polar surface area (TPSA) is 129 Å². The number of primary amides is 1. The Morgan fingerprint density at radius 2 is 1.93 bits per heavy atom. The van der Waals surface area contributed by atoms with Crippen LogP contribution in [0.4, 0.5) is 11.6 Å². The highest BCUT2D eigenvalue weighted by atomic mass is 32.2. The van der Waals surface area contributed by atoms with Crippen LogP contribution in [0.15, 0.2) is 71.0 Å². The fourth-order valence-electron chi connectivity index (χ4n) is 3.32. The van der Waals surface area contributed by atoms with Crippen molar-refractivity contribution in [3.63, 3.8) is 0 Å². The minimum absolute atomic E-state index is 0.0352. The number of carbonyl (C=O) groups is 1. The second kappa shape index (κ2) is 7.99. The van der Waals surface area contributed by atoms with Crippen molar-refractivity contribution in [2.24, 2.45) is 5.73 Å². The first-order chi connectivity index (χ1) is 14.4. The van der Waals surface area contributed by atoms with Gasteiger partial charge in [0.2, 0.25) is 17.0 Å². The third-order valence-electron chi connectivity index (χ3n) is 4.73. The number of anilines is 1. The number of hydrogen-bond donors (Lipinski definition) is 2. The Bertz CT molecular complexity index is 1140. The first kappa shape index (κ1) is 19.6. The molecule has 1 amide bonds. The number of hydrogen-bond acceptors (Lipinski definition) is 7. The fraction of sp³-hybridized carbons (Fsp3) is 0.150. The van der Waals surface area contributed by atoms with Gasteiger partial charge in [0.05, 0.1) is 10.5 Å². The fourth-order valence-corrected chi connectivity index (χ4v) is 4.11. The average molecular weight is 422 g/mol. The van der Waals surface area contributed by atoms with Gasteiger partial charge in [0.25, 0.3) is 5.69 Å². The van der Waals surface area contributed by atoms with Crippen molar-refractivity contribution in [1.82, 2.24) is 14.8 Å². The Kier molecular flexibility index (Phi) is 5.23. The predicted octanol–water partition coefficient (Wildman–Crippen LogP) is 3.25. The number of nitrogens with zero attached hydrogens (tertiary/aromatic N) is 4. The molecule has 30 heavy (non-hydrogen) atoms. The minimum Gasteiger partial charge on any atom is -0.366 e. The summed E-state index contributed by atoms with van der Waals surface area (Å²) in [6.45, 7) is 1.74. The zero-order valence-electron chi connectivity index (χ0n) is 16.0. The van der Waals surface area contributed by atoms with Gasteiger partial charge in [-0.15, -0.1) is 5.10 Å². The number of nitro groups is 1. The molecular weight excluding hydrogens is 404 g/mol. The van der Waals surface area contributed by atoms with E-state index in [1.54, 1.807) is 23.7 Å². The zero-order chi connectivity index (χ0) is 21.3. The maximum Gasteiger partial charge on any atom is 0.269 e. The molecule has 0 unspecified atom stereocenters. The van der Waals surface area contributed by atoms with E-state index in [4.69, 9.17) is 5.73 Å². The lowest BCUT2D eigenvalue weighted by molar-refractivity contribution is -0.384. The molecule has 0 spiro atoms. The summed E-state index contributed by atoms with van der Waals surface area (Å²) in [6, 6.07) is 15.3. The van der Waals surface area contributed by atoms with E-state index in [9.17, 15) is 14.9 Å². The third-order valence-corrected chi connectivity index (χ3v) is 5.64. The van der Waals surface area contributed by atoms with Crippen LogP contribution in [-0.2, 0) is 10.5 Å². The number of nitrogens with one attached hydrogen (secondary N) is 1. The summed E-state index contributed by atoms with van der Waals surface area (Å²) in [5, 5.41) is 19.2. The Labute approximate surface area is 176 Å². The monoisotopic (exact) mass is 422 g/mol. The molecule has 3 aromatic rings. The highest BCUT2D eigenvalue weighted by Crippen LogP contribution is 2.36. The Morgan fingerprint density at radius 1 is 1.23 bits per heavy atom. The molecule has 152 valence electrons. The van der Waals surface area contributed by atoms with Gasteiger partial charge < -0.3 is 11.1 Å². The van der Waals surface area contributed by atoms with Gasteiger partial charge >= 0.3 is 0 Å². The molecule has 1 aliphatic rings. The molecule has 1 atom stereocenters. The lowest BCUT2D eigenvalue weighted by Crippen LogP contribution is -2.31. The van der Waals surface area contributed by atoms with Crippen LogP contribution in [-0.4, -0.2) is 25.6 Å². The summed E-state index contributed by atoms with van der Waals surface area (Å²) in [4.78, 5) is 27.3. The molecule has 9 nitrogen and oxygen atoms in total. The van der Waals surface area contributed by atoms with Crippen molar-refractivity contribution in [3.8, 4) is 0 Å². The molecule has 0 fully saturated rings.